The van der Waals surface area contributed by atoms with E-state index in [1.165, 1.54) is 12.5 Å². The number of pyridine rings is 1. The molecule has 1 aromatic heterocycles. The van der Waals surface area contributed by atoms with Gasteiger partial charge in [-0.1, -0.05) is 0 Å². The van der Waals surface area contributed by atoms with Crippen LogP contribution in [0.2, 0.25) is 0 Å². The van der Waals surface area contributed by atoms with Crippen molar-refractivity contribution in [1.82, 2.24) is 4.98 Å². The summed E-state index contributed by atoms with van der Waals surface area (Å²) >= 11 is 0. The number of nitriles is 1. The second-order valence-electron chi connectivity index (χ2n) is 6.14. The third kappa shape index (κ3) is 3.60. The number of nitrogens with zero attached hydrogens (tertiary/aromatic N) is 2. The van der Waals surface area contributed by atoms with E-state index in [1.54, 1.807) is 12.3 Å². The van der Waals surface area contributed by atoms with E-state index in [9.17, 15) is 5.26 Å². The minimum atomic E-state index is 0.416. The van der Waals surface area contributed by atoms with Crippen LogP contribution in [0, 0.1) is 11.3 Å². The number of fused-ring (bicyclic) bond motifs is 2. The molecule has 146 valence electrons. The van der Waals surface area contributed by atoms with Crippen molar-refractivity contribution < 1.29 is 18.9 Å². The number of benzene rings is 2. The topological polar surface area (TPSA) is 85.6 Å². The Hall–Kier alpha value is -3.92. The number of rotatable bonds is 6. The molecule has 1 aliphatic heterocycles. The Morgan fingerprint density at radius 3 is 2.45 bits per heavy atom. The van der Waals surface area contributed by atoms with E-state index in [1.807, 2.05) is 38.1 Å². The maximum absolute atomic E-state index is 9.62. The van der Waals surface area contributed by atoms with E-state index in [0.717, 1.165) is 11.1 Å². The van der Waals surface area contributed by atoms with Gasteiger partial charge in [-0.2, -0.15) is 5.26 Å². The highest BCUT2D eigenvalue weighted by Crippen LogP contribution is 2.39. The van der Waals surface area contributed by atoms with Crippen molar-refractivity contribution in [3.63, 3.8) is 0 Å². The standard InChI is InChI=1S/C22H19N3O4/c1-3-26-20-10-16-17(11-21(20)27-4-2)24-13-14(12-23)22(16)25-15-5-6-18-19(9-15)29-8-7-28-18/h5-11,13H,3-4H2,1-2H3,(H,24,25). The number of aromatic nitrogens is 1. The molecule has 0 saturated carbocycles. The van der Waals surface area contributed by atoms with Gasteiger partial charge in [-0.15, -0.1) is 0 Å². The lowest BCUT2D eigenvalue weighted by molar-refractivity contribution is 0.288. The molecule has 29 heavy (non-hydrogen) atoms. The Balaban J connectivity index is 1.82. The van der Waals surface area contributed by atoms with Crippen LogP contribution in [-0.2, 0) is 0 Å². The van der Waals surface area contributed by atoms with Gasteiger partial charge < -0.3 is 24.3 Å². The molecule has 4 rings (SSSR count). The molecule has 1 aliphatic rings. The van der Waals surface area contributed by atoms with Crippen LogP contribution >= 0.6 is 0 Å². The first-order valence-corrected chi connectivity index (χ1v) is 9.25. The Labute approximate surface area is 168 Å². The lowest BCUT2D eigenvalue weighted by Gasteiger charge is -2.17. The zero-order valence-electron chi connectivity index (χ0n) is 16.1. The Morgan fingerprint density at radius 2 is 1.72 bits per heavy atom. The van der Waals surface area contributed by atoms with E-state index in [-0.39, 0.29) is 0 Å². The van der Waals surface area contributed by atoms with Gasteiger partial charge in [-0.3, -0.25) is 4.98 Å². The smallest absolute Gasteiger partial charge is 0.171 e. The first-order chi connectivity index (χ1) is 14.2. The summed E-state index contributed by atoms with van der Waals surface area (Å²) in [4.78, 5) is 4.42. The lowest BCUT2D eigenvalue weighted by atomic mass is 10.1. The summed E-state index contributed by atoms with van der Waals surface area (Å²) in [5, 5.41) is 13.7. The molecule has 2 aromatic carbocycles. The average Bonchev–Trinajstić information content (AvgIpc) is 2.75. The molecule has 3 aromatic rings. The predicted octanol–water partition coefficient (Wildman–Crippen LogP) is 4.89. The first kappa shape index (κ1) is 18.4. The third-order valence-corrected chi connectivity index (χ3v) is 4.31. The normalized spacial score (nSPS) is 11.8. The van der Waals surface area contributed by atoms with Crippen LogP contribution in [0.4, 0.5) is 11.4 Å². The number of ether oxygens (including phenoxy) is 4. The molecule has 7 heteroatoms. The van der Waals surface area contributed by atoms with Gasteiger partial charge in [0.25, 0.3) is 0 Å². The zero-order chi connectivity index (χ0) is 20.2. The first-order valence-electron chi connectivity index (χ1n) is 9.25. The highest BCUT2D eigenvalue weighted by molar-refractivity contribution is 5.97. The van der Waals surface area contributed by atoms with Crippen LogP contribution in [0.3, 0.4) is 0 Å². The average molecular weight is 389 g/mol. The summed E-state index contributed by atoms with van der Waals surface area (Å²) in [6, 6.07) is 11.3. The van der Waals surface area contributed by atoms with Crippen LogP contribution in [0.1, 0.15) is 19.4 Å². The van der Waals surface area contributed by atoms with Crippen LogP contribution in [0.25, 0.3) is 10.9 Å². The molecule has 0 radical (unpaired) electrons. The van der Waals surface area contributed by atoms with Gasteiger partial charge in [0, 0.05) is 29.4 Å². The van der Waals surface area contributed by atoms with E-state index >= 15 is 0 Å². The van der Waals surface area contributed by atoms with Crippen molar-refractivity contribution in [3.8, 4) is 29.1 Å². The van der Waals surface area contributed by atoms with Crippen molar-refractivity contribution in [2.75, 3.05) is 18.5 Å². The molecule has 7 nitrogen and oxygen atoms in total. The largest absolute Gasteiger partial charge is 0.490 e. The second-order valence-corrected chi connectivity index (χ2v) is 6.14. The van der Waals surface area contributed by atoms with Crippen molar-refractivity contribution in [2.24, 2.45) is 0 Å². The zero-order valence-corrected chi connectivity index (χ0v) is 16.1. The van der Waals surface area contributed by atoms with E-state index in [2.05, 4.69) is 16.4 Å². The molecular weight excluding hydrogens is 370 g/mol. The molecular formula is C22H19N3O4. The van der Waals surface area contributed by atoms with E-state index in [0.29, 0.717) is 53.0 Å². The highest BCUT2D eigenvalue weighted by atomic mass is 16.5. The summed E-state index contributed by atoms with van der Waals surface area (Å²) < 4.78 is 22.3. The van der Waals surface area contributed by atoms with Crippen molar-refractivity contribution in [1.29, 1.82) is 5.26 Å². The molecule has 0 spiro atoms. The van der Waals surface area contributed by atoms with Gasteiger partial charge in [0.15, 0.2) is 23.0 Å². The second kappa shape index (κ2) is 7.98. The number of hydrogen-bond donors (Lipinski definition) is 1. The Morgan fingerprint density at radius 1 is 1.00 bits per heavy atom. The predicted molar refractivity (Wildman–Crippen MR) is 109 cm³/mol. The lowest BCUT2D eigenvalue weighted by Crippen LogP contribution is -2.02. The molecule has 0 unspecified atom stereocenters. The highest BCUT2D eigenvalue weighted by Gasteiger charge is 2.16. The van der Waals surface area contributed by atoms with Crippen LogP contribution in [0.15, 0.2) is 49.1 Å². The van der Waals surface area contributed by atoms with Gasteiger partial charge in [-0.25, -0.2) is 0 Å². The van der Waals surface area contributed by atoms with Gasteiger partial charge >= 0.3 is 0 Å². The quantitative estimate of drug-likeness (QED) is 0.642. The number of nitrogens with one attached hydrogen (secondary N) is 1. The van der Waals surface area contributed by atoms with Crippen molar-refractivity contribution in [2.45, 2.75) is 13.8 Å². The maximum atomic E-state index is 9.62. The fourth-order valence-electron chi connectivity index (χ4n) is 3.08. The van der Waals surface area contributed by atoms with Crippen molar-refractivity contribution >= 4 is 22.3 Å². The van der Waals surface area contributed by atoms with E-state index in [4.69, 9.17) is 18.9 Å². The SMILES string of the molecule is CCOc1cc2ncc(C#N)c(Nc3ccc4c(c3)OC=CO4)c2cc1OCC. The Kier molecular flexibility index (Phi) is 5.08. The maximum Gasteiger partial charge on any atom is 0.171 e. The van der Waals surface area contributed by atoms with Gasteiger partial charge in [0.1, 0.15) is 18.6 Å². The molecule has 1 N–H and O–H groups in total. The summed E-state index contributed by atoms with van der Waals surface area (Å²) in [7, 11) is 0. The minimum absolute atomic E-state index is 0.416. The number of anilines is 2. The summed E-state index contributed by atoms with van der Waals surface area (Å²) in [6.07, 6.45) is 4.49. The molecule has 2 heterocycles. The van der Waals surface area contributed by atoms with Gasteiger partial charge in [-0.05, 0) is 32.0 Å². The minimum Gasteiger partial charge on any atom is -0.490 e. The summed E-state index contributed by atoms with van der Waals surface area (Å²) in [5.74, 6) is 2.44. The van der Waals surface area contributed by atoms with Gasteiger partial charge in [0.05, 0.1) is 30.0 Å². The fraction of sp³-hybridized carbons (Fsp3) is 0.182. The summed E-state index contributed by atoms with van der Waals surface area (Å²) in [5.41, 5.74) is 2.49. The van der Waals surface area contributed by atoms with Gasteiger partial charge in [0.2, 0.25) is 0 Å². The monoisotopic (exact) mass is 389 g/mol. The molecule has 0 fully saturated rings. The molecule has 0 bridgehead atoms. The van der Waals surface area contributed by atoms with Crippen LogP contribution < -0.4 is 24.3 Å². The molecule has 0 aliphatic carbocycles. The van der Waals surface area contributed by atoms with Crippen LogP contribution in [0.5, 0.6) is 23.0 Å². The van der Waals surface area contributed by atoms with E-state index < -0.39 is 0 Å². The fourth-order valence-corrected chi connectivity index (χ4v) is 3.08. The number of hydrogen-bond acceptors (Lipinski definition) is 7. The molecule has 0 saturated heterocycles. The summed E-state index contributed by atoms with van der Waals surface area (Å²) in [6.45, 7) is 4.83. The third-order valence-electron chi connectivity index (χ3n) is 4.31. The molecule has 0 amide bonds. The Bertz CT molecular complexity index is 1140. The molecule has 0 atom stereocenters. The van der Waals surface area contributed by atoms with Crippen molar-refractivity contribution in [3.05, 3.63) is 54.6 Å². The van der Waals surface area contributed by atoms with Crippen LogP contribution in [-0.4, -0.2) is 18.2 Å².